The number of nitrogens with two attached hydrogens (primary N) is 5. The quantitative estimate of drug-likeness (QED) is 0.0244. The van der Waals surface area contributed by atoms with Gasteiger partial charge >= 0.3 is 0 Å². The van der Waals surface area contributed by atoms with Crippen LogP contribution in [0.5, 0.6) is 11.5 Å². The highest BCUT2D eigenvalue weighted by Crippen LogP contribution is 2.39. The van der Waals surface area contributed by atoms with E-state index in [4.69, 9.17) is 38.1 Å². The molecule has 2 aromatic carbocycles. The molecular formula is C44H59N15O6. The van der Waals surface area contributed by atoms with Crippen LogP contribution in [0.25, 0.3) is 11.0 Å². The van der Waals surface area contributed by atoms with Crippen LogP contribution in [-0.2, 0) is 17.9 Å². The molecule has 12 N–H and O–H groups in total. The number of rotatable bonds is 23. The number of aryl methyl sites for hydroxylation is 2. The lowest BCUT2D eigenvalue weighted by Crippen LogP contribution is -2.41. The molecule has 0 unspecified atom stereocenters. The van der Waals surface area contributed by atoms with Gasteiger partial charge in [-0.2, -0.15) is 5.10 Å². The van der Waals surface area contributed by atoms with E-state index in [0.717, 1.165) is 18.5 Å². The van der Waals surface area contributed by atoms with Crippen molar-refractivity contribution in [1.29, 1.82) is 0 Å². The third-order valence-corrected chi connectivity index (χ3v) is 9.00. The molecule has 4 aromatic rings. The summed E-state index contributed by atoms with van der Waals surface area (Å²) >= 11 is 0. The third kappa shape index (κ3) is 14.7. The molecule has 0 bridgehead atoms. The number of fused-ring (bicyclic) bond motifs is 1. The normalized spacial score (nSPS) is 12.1. The summed E-state index contributed by atoms with van der Waals surface area (Å²) in [6.07, 6.45) is 12.3. The number of nitrogens with zero attached hydrogens (tertiary/aromatic N) is 8. The Kier molecular flexibility index (Phi) is 20.2. The van der Waals surface area contributed by atoms with E-state index in [1.165, 1.54) is 37.7 Å². The SMILES string of the molecule is C=Nc1cc(C(N)=O)cc(OC)c1N(C/C=C/Cn1c(NC)nc2cc(C(N)=O)cc(OC/C=C/CN=C/C(N)=C\N)c21)CNC(=O)C(/C=C(/C)N)=NCC.CCn1nc(C)cc1C=O. The number of methoxy groups -OCH3 is 1. The molecule has 0 aliphatic rings. The van der Waals surface area contributed by atoms with Crippen molar-refractivity contribution in [2.75, 3.05) is 57.3 Å². The number of carbonyl (C=O) groups is 4. The zero-order valence-corrected chi connectivity index (χ0v) is 37.6. The van der Waals surface area contributed by atoms with Gasteiger partial charge < -0.3 is 58.2 Å². The fourth-order valence-corrected chi connectivity index (χ4v) is 6.08. The summed E-state index contributed by atoms with van der Waals surface area (Å²) in [5, 5.41) is 10.1. The fraction of sp³-hybridized carbons (Fsp3) is 0.295. The number of aromatic nitrogens is 4. The molecule has 0 atom stereocenters. The first-order valence-electron chi connectivity index (χ1n) is 20.3. The minimum absolute atomic E-state index is 0.0300. The monoisotopic (exact) mass is 893 g/mol. The number of carbonyl (C=O) groups excluding carboxylic acids is 4. The number of hydrogen-bond donors (Lipinski definition) is 7. The molecule has 0 radical (unpaired) electrons. The second-order valence-electron chi connectivity index (χ2n) is 13.8. The van der Waals surface area contributed by atoms with Crippen LogP contribution >= 0.6 is 0 Å². The number of benzene rings is 2. The fourth-order valence-electron chi connectivity index (χ4n) is 6.08. The second-order valence-corrected chi connectivity index (χ2v) is 13.8. The van der Waals surface area contributed by atoms with E-state index in [0.29, 0.717) is 70.8 Å². The van der Waals surface area contributed by atoms with E-state index in [1.54, 1.807) is 60.8 Å². The number of amides is 3. The third-order valence-electron chi connectivity index (χ3n) is 9.00. The number of ether oxygens (including phenoxy) is 2. The van der Waals surface area contributed by atoms with Gasteiger partial charge in [-0.05, 0) is 76.9 Å². The van der Waals surface area contributed by atoms with E-state index in [-0.39, 0.29) is 42.4 Å². The van der Waals surface area contributed by atoms with E-state index >= 15 is 0 Å². The Morgan fingerprint density at radius 2 is 1.69 bits per heavy atom. The van der Waals surface area contributed by atoms with Crippen molar-refractivity contribution in [3.8, 4) is 11.5 Å². The van der Waals surface area contributed by atoms with Crippen molar-refractivity contribution in [3.63, 3.8) is 0 Å². The van der Waals surface area contributed by atoms with Crippen LogP contribution in [0, 0.1) is 6.92 Å². The van der Waals surface area contributed by atoms with Gasteiger partial charge in [-0.25, -0.2) is 4.98 Å². The molecule has 0 aliphatic heterocycles. The lowest BCUT2D eigenvalue weighted by Gasteiger charge is -2.27. The Bertz CT molecular complexity index is 2510. The Hall–Kier alpha value is -8.23. The standard InChI is InChI=1S/C37H49N13O5.C7H10N2O/c1-6-46-29(15-23(2)39)36(53)47-22-49(32-27(43-3)16-24(34(41)51)18-30(32)54-5)12-8-9-13-50-33-28(48-37(50)44-4)17-25(35(42)52)19-31(33)55-14-10-7-11-45-21-26(40)20-38;1-3-9-7(5-10)4-6(2)8-9/h7-10,15-21H,3,6,11-14,22,38-40H2,1-2,4-5H3,(H2,41,51)(H2,42,52)(H,44,48)(H,47,53);4-5H,3H2,1-2H3/b9-8+,10-7+,23-15-,26-20+,45-21?,46-29?;. The van der Waals surface area contributed by atoms with Gasteiger partial charge in [0.1, 0.15) is 40.7 Å². The van der Waals surface area contributed by atoms with Crippen LogP contribution in [0.1, 0.15) is 57.7 Å². The first-order chi connectivity index (χ1) is 31.2. The van der Waals surface area contributed by atoms with Gasteiger partial charge in [0.25, 0.3) is 5.91 Å². The lowest BCUT2D eigenvalue weighted by atomic mass is 10.1. The predicted octanol–water partition coefficient (Wildman–Crippen LogP) is 2.86. The van der Waals surface area contributed by atoms with Gasteiger partial charge in [-0.15, -0.1) is 0 Å². The minimum atomic E-state index is -0.676. The largest absolute Gasteiger partial charge is 0.494 e. The van der Waals surface area contributed by atoms with Gasteiger partial charge in [-0.3, -0.25) is 38.8 Å². The molecule has 65 heavy (non-hydrogen) atoms. The average molecular weight is 894 g/mol. The predicted molar refractivity (Wildman–Crippen MR) is 256 cm³/mol. The van der Waals surface area contributed by atoms with Crippen LogP contribution < -0.4 is 53.7 Å². The number of aldehydes is 1. The molecule has 0 saturated heterocycles. The van der Waals surface area contributed by atoms with Gasteiger partial charge in [0, 0.05) is 62.5 Å². The summed E-state index contributed by atoms with van der Waals surface area (Å²) in [6, 6.07) is 7.92. The number of aliphatic imine (C=N–C) groups is 3. The Morgan fingerprint density at radius 1 is 0.985 bits per heavy atom. The molecule has 0 saturated carbocycles. The van der Waals surface area contributed by atoms with Gasteiger partial charge in [-0.1, -0.05) is 18.2 Å². The topological polar surface area (TPSA) is 317 Å². The van der Waals surface area contributed by atoms with Crippen molar-refractivity contribution in [2.45, 2.75) is 40.8 Å². The summed E-state index contributed by atoms with van der Waals surface area (Å²) in [6.45, 7) is 13.1. The molecule has 0 aliphatic carbocycles. The molecule has 346 valence electrons. The minimum Gasteiger partial charge on any atom is -0.494 e. The summed E-state index contributed by atoms with van der Waals surface area (Å²) in [5.74, 6) is -0.602. The first-order valence-corrected chi connectivity index (χ1v) is 20.3. The van der Waals surface area contributed by atoms with Gasteiger partial charge in [0.15, 0.2) is 6.29 Å². The van der Waals surface area contributed by atoms with E-state index in [2.05, 4.69) is 42.4 Å². The number of allylic oxidation sites excluding steroid dienone is 3. The number of nitrogens with one attached hydrogen (secondary N) is 2. The molecule has 0 spiro atoms. The molecule has 0 fully saturated rings. The van der Waals surface area contributed by atoms with E-state index in [9.17, 15) is 19.2 Å². The molecule has 2 heterocycles. The number of anilines is 2. The number of imidazole rings is 1. The molecule has 21 nitrogen and oxygen atoms in total. The zero-order chi connectivity index (χ0) is 48.1. The van der Waals surface area contributed by atoms with Crippen molar-refractivity contribution >= 4 is 71.0 Å². The van der Waals surface area contributed by atoms with Crippen molar-refractivity contribution < 1.29 is 28.7 Å². The summed E-state index contributed by atoms with van der Waals surface area (Å²) in [4.78, 5) is 66.8. The highest BCUT2D eigenvalue weighted by Gasteiger charge is 2.21. The van der Waals surface area contributed by atoms with Crippen molar-refractivity contribution in [2.24, 2.45) is 43.6 Å². The van der Waals surface area contributed by atoms with Crippen molar-refractivity contribution in [1.82, 2.24) is 24.6 Å². The number of hydrogen-bond acceptors (Lipinski definition) is 16. The zero-order valence-electron chi connectivity index (χ0n) is 37.6. The summed E-state index contributed by atoms with van der Waals surface area (Å²) < 4.78 is 15.3. The van der Waals surface area contributed by atoms with Crippen molar-refractivity contribution in [3.05, 3.63) is 101 Å². The maximum absolute atomic E-state index is 13.2. The lowest BCUT2D eigenvalue weighted by molar-refractivity contribution is -0.114. The van der Waals surface area contributed by atoms with Crippen LogP contribution in [0.2, 0.25) is 0 Å². The summed E-state index contributed by atoms with van der Waals surface area (Å²) in [7, 11) is 3.16. The number of primary amides is 2. The maximum Gasteiger partial charge on any atom is 0.270 e. The van der Waals surface area contributed by atoms with Crippen LogP contribution in [0.3, 0.4) is 0 Å². The molecule has 21 heteroatoms. The van der Waals surface area contributed by atoms with Crippen LogP contribution in [-0.4, -0.2) is 109 Å². The molecule has 2 aromatic heterocycles. The maximum atomic E-state index is 13.2. The first kappa shape index (κ1) is 51.1. The Labute approximate surface area is 377 Å². The smallest absolute Gasteiger partial charge is 0.270 e. The van der Waals surface area contributed by atoms with E-state index < -0.39 is 17.7 Å². The summed E-state index contributed by atoms with van der Waals surface area (Å²) in [5.41, 5.74) is 32.7. The average Bonchev–Trinajstić information content (AvgIpc) is 3.86. The highest BCUT2D eigenvalue weighted by molar-refractivity contribution is 6.43. The second kappa shape index (κ2) is 25.6. The van der Waals surface area contributed by atoms with Crippen LogP contribution in [0.15, 0.2) is 93.3 Å². The van der Waals surface area contributed by atoms with Gasteiger partial charge in [0.2, 0.25) is 17.8 Å². The molecular weight excluding hydrogens is 835 g/mol. The van der Waals surface area contributed by atoms with Crippen LogP contribution in [0.4, 0.5) is 17.3 Å². The highest BCUT2D eigenvalue weighted by atomic mass is 16.5. The molecule has 4 rings (SSSR count). The van der Waals surface area contributed by atoms with Gasteiger partial charge in [0.05, 0.1) is 42.9 Å². The molecule has 3 amide bonds. The Morgan fingerprint density at radius 3 is 2.28 bits per heavy atom. The van der Waals surface area contributed by atoms with E-state index in [1.807, 2.05) is 30.6 Å². The Balaban J connectivity index is 0.000000985.